The number of aliphatic hydroxyl groups is 1. The molecule has 112 valence electrons. The van der Waals surface area contributed by atoms with Gasteiger partial charge in [-0.3, -0.25) is 0 Å². The minimum Gasteiger partial charge on any atom is -0.395 e. The molecule has 19 heavy (non-hydrogen) atoms. The molecule has 2 aliphatic rings. The summed E-state index contributed by atoms with van der Waals surface area (Å²) in [6.45, 7) is 4.45. The molecule has 2 saturated heterocycles. The molecule has 0 aromatic rings. The minimum absolute atomic E-state index is 0.0648. The molecule has 3 atom stereocenters. The normalized spacial score (nSPS) is 35.4. The predicted octanol–water partition coefficient (Wildman–Crippen LogP) is 1.34. The highest BCUT2D eigenvalue weighted by Crippen LogP contribution is 2.30. The van der Waals surface area contributed by atoms with Gasteiger partial charge in [-0.15, -0.1) is 0 Å². The molecular weight excluding hydrogens is 264 g/mol. The fraction of sp³-hybridized carbons (Fsp3) is 1.00. The van der Waals surface area contributed by atoms with Gasteiger partial charge in [0.15, 0.2) is 0 Å². The van der Waals surface area contributed by atoms with Crippen LogP contribution in [0.2, 0.25) is 0 Å². The molecule has 1 N–H and O–H groups in total. The SMILES string of the molecule is CC1CCCC(C)N1S(=O)(=O)N1CCCCC1CO. The van der Waals surface area contributed by atoms with Crippen LogP contribution in [0.1, 0.15) is 52.4 Å². The fourth-order valence-corrected chi connectivity index (χ4v) is 5.71. The summed E-state index contributed by atoms with van der Waals surface area (Å²) in [6.07, 6.45) is 5.63. The summed E-state index contributed by atoms with van der Waals surface area (Å²) in [4.78, 5) is 0. The van der Waals surface area contributed by atoms with Crippen molar-refractivity contribution in [1.29, 1.82) is 0 Å². The van der Waals surface area contributed by atoms with Gasteiger partial charge in [0.05, 0.1) is 6.61 Å². The maximum atomic E-state index is 12.9. The van der Waals surface area contributed by atoms with Gasteiger partial charge >= 0.3 is 0 Å². The number of hydrogen-bond acceptors (Lipinski definition) is 3. The zero-order valence-corrected chi connectivity index (χ0v) is 12.8. The second-order valence-corrected chi connectivity index (χ2v) is 7.70. The van der Waals surface area contributed by atoms with Crippen LogP contribution in [0.4, 0.5) is 0 Å². The average Bonchev–Trinajstić information content (AvgIpc) is 2.38. The van der Waals surface area contributed by atoms with Gasteiger partial charge in [0.2, 0.25) is 0 Å². The first kappa shape index (κ1) is 15.2. The summed E-state index contributed by atoms with van der Waals surface area (Å²) in [5.41, 5.74) is 0. The van der Waals surface area contributed by atoms with E-state index in [2.05, 4.69) is 0 Å². The van der Waals surface area contributed by atoms with Crippen LogP contribution >= 0.6 is 0 Å². The van der Waals surface area contributed by atoms with Gasteiger partial charge in [-0.1, -0.05) is 12.8 Å². The van der Waals surface area contributed by atoms with Gasteiger partial charge in [0.1, 0.15) is 0 Å². The molecule has 0 saturated carbocycles. The molecule has 0 radical (unpaired) electrons. The third kappa shape index (κ3) is 2.96. The standard InChI is InChI=1S/C13H26N2O3S/c1-11-6-5-7-12(2)15(11)19(17,18)14-9-4-3-8-13(14)10-16/h11-13,16H,3-10H2,1-2H3. The Morgan fingerprint density at radius 1 is 1.05 bits per heavy atom. The number of aliphatic hydroxyl groups excluding tert-OH is 1. The van der Waals surface area contributed by atoms with Crippen molar-refractivity contribution in [3.63, 3.8) is 0 Å². The quantitative estimate of drug-likeness (QED) is 0.853. The van der Waals surface area contributed by atoms with E-state index >= 15 is 0 Å². The van der Waals surface area contributed by atoms with Gasteiger partial charge in [-0.25, -0.2) is 0 Å². The van der Waals surface area contributed by atoms with Crippen molar-refractivity contribution in [2.45, 2.75) is 70.5 Å². The summed E-state index contributed by atoms with van der Waals surface area (Å²) >= 11 is 0. The van der Waals surface area contributed by atoms with E-state index in [-0.39, 0.29) is 24.7 Å². The van der Waals surface area contributed by atoms with Gasteiger partial charge in [0, 0.05) is 24.7 Å². The van der Waals surface area contributed by atoms with Crippen LogP contribution in [-0.2, 0) is 10.2 Å². The van der Waals surface area contributed by atoms with E-state index in [4.69, 9.17) is 0 Å². The van der Waals surface area contributed by atoms with Crippen molar-refractivity contribution < 1.29 is 13.5 Å². The van der Waals surface area contributed by atoms with E-state index in [0.717, 1.165) is 38.5 Å². The fourth-order valence-electron chi connectivity index (χ4n) is 3.43. The number of rotatable bonds is 3. The first-order valence-corrected chi connectivity index (χ1v) is 8.79. The Morgan fingerprint density at radius 2 is 1.68 bits per heavy atom. The van der Waals surface area contributed by atoms with Gasteiger partial charge < -0.3 is 5.11 Å². The Morgan fingerprint density at radius 3 is 2.26 bits per heavy atom. The second-order valence-electron chi connectivity index (χ2n) is 5.91. The molecule has 0 aromatic heterocycles. The third-order valence-electron chi connectivity index (χ3n) is 4.46. The van der Waals surface area contributed by atoms with Crippen molar-refractivity contribution in [2.75, 3.05) is 13.2 Å². The summed E-state index contributed by atoms with van der Waals surface area (Å²) in [7, 11) is -3.44. The maximum Gasteiger partial charge on any atom is 0.282 e. The van der Waals surface area contributed by atoms with E-state index in [1.807, 2.05) is 13.8 Å². The van der Waals surface area contributed by atoms with E-state index in [1.54, 1.807) is 4.31 Å². The highest BCUT2D eigenvalue weighted by atomic mass is 32.2. The van der Waals surface area contributed by atoms with Crippen molar-refractivity contribution in [3.05, 3.63) is 0 Å². The molecule has 0 aliphatic carbocycles. The van der Waals surface area contributed by atoms with Gasteiger partial charge in [0.25, 0.3) is 10.2 Å². The molecular formula is C13H26N2O3S. The van der Waals surface area contributed by atoms with Crippen LogP contribution < -0.4 is 0 Å². The third-order valence-corrected chi connectivity index (χ3v) is 6.79. The molecule has 6 heteroatoms. The lowest BCUT2D eigenvalue weighted by Crippen LogP contribution is -2.57. The largest absolute Gasteiger partial charge is 0.395 e. The van der Waals surface area contributed by atoms with Gasteiger partial charge in [-0.05, 0) is 39.5 Å². The van der Waals surface area contributed by atoms with Crippen molar-refractivity contribution in [1.82, 2.24) is 8.61 Å². The maximum absolute atomic E-state index is 12.9. The molecule has 0 amide bonds. The Labute approximate surface area is 116 Å². The van der Waals surface area contributed by atoms with Crippen LogP contribution in [0, 0.1) is 0 Å². The number of piperidine rings is 2. The lowest BCUT2D eigenvalue weighted by Gasteiger charge is -2.43. The summed E-state index contributed by atoms with van der Waals surface area (Å²) in [5, 5.41) is 9.43. The smallest absolute Gasteiger partial charge is 0.282 e. The second kappa shape index (κ2) is 6.08. The monoisotopic (exact) mass is 290 g/mol. The van der Waals surface area contributed by atoms with Gasteiger partial charge in [-0.2, -0.15) is 17.0 Å². The summed E-state index contributed by atoms with van der Waals surface area (Å²) in [6, 6.07) is -0.106. The molecule has 2 aliphatic heterocycles. The zero-order chi connectivity index (χ0) is 14.0. The Bertz CT molecular complexity index is 389. The van der Waals surface area contributed by atoms with E-state index in [9.17, 15) is 13.5 Å². The zero-order valence-electron chi connectivity index (χ0n) is 12.0. The summed E-state index contributed by atoms with van der Waals surface area (Å²) < 4.78 is 29.0. The first-order valence-electron chi connectivity index (χ1n) is 7.39. The highest BCUT2D eigenvalue weighted by Gasteiger charge is 2.41. The molecule has 2 fully saturated rings. The van der Waals surface area contributed by atoms with E-state index in [1.165, 1.54) is 4.31 Å². The van der Waals surface area contributed by atoms with Crippen LogP contribution in [0.15, 0.2) is 0 Å². The predicted molar refractivity (Wildman–Crippen MR) is 75.0 cm³/mol. The number of hydrogen-bond donors (Lipinski definition) is 1. The Balaban J connectivity index is 2.24. The van der Waals surface area contributed by atoms with Crippen LogP contribution in [-0.4, -0.2) is 53.4 Å². The van der Waals surface area contributed by atoms with Crippen molar-refractivity contribution in [2.24, 2.45) is 0 Å². The molecule has 2 rings (SSSR count). The Kier molecular flexibility index (Phi) is 4.87. The minimum atomic E-state index is -3.44. The molecule has 0 bridgehead atoms. The topological polar surface area (TPSA) is 60.9 Å². The van der Waals surface area contributed by atoms with Crippen LogP contribution in [0.25, 0.3) is 0 Å². The van der Waals surface area contributed by atoms with Crippen LogP contribution in [0.5, 0.6) is 0 Å². The van der Waals surface area contributed by atoms with E-state index in [0.29, 0.717) is 6.54 Å². The molecule has 0 spiro atoms. The number of nitrogens with zero attached hydrogens (tertiary/aromatic N) is 2. The molecule has 0 aromatic carbocycles. The van der Waals surface area contributed by atoms with Crippen molar-refractivity contribution in [3.8, 4) is 0 Å². The highest BCUT2D eigenvalue weighted by molar-refractivity contribution is 7.86. The van der Waals surface area contributed by atoms with E-state index < -0.39 is 10.2 Å². The molecule has 2 heterocycles. The Hall–Kier alpha value is -0.170. The van der Waals surface area contributed by atoms with Crippen molar-refractivity contribution >= 4 is 10.2 Å². The lowest BCUT2D eigenvalue weighted by molar-refractivity contribution is 0.130. The average molecular weight is 290 g/mol. The molecule has 5 nitrogen and oxygen atoms in total. The summed E-state index contributed by atoms with van der Waals surface area (Å²) in [5.74, 6) is 0. The first-order chi connectivity index (χ1) is 8.98. The lowest BCUT2D eigenvalue weighted by atomic mass is 10.0. The van der Waals surface area contributed by atoms with Crippen LogP contribution in [0.3, 0.4) is 0 Å². The molecule has 3 unspecified atom stereocenters.